The number of imide groups is 1. The Kier molecular flexibility index (Phi) is 3.37. The van der Waals surface area contributed by atoms with Crippen LogP contribution in [-0.2, 0) is 16.6 Å². The molecule has 1 saturated carbocycles. The van der Waals surface area contributed by atoms with Crippen molar-refractivity contribution >= 4 is 17.7 Å². The van der Waals surface area contributed by atoms with Gasteiger partial charge in [0.1, 0.15) is 5.69 Å². The summed E-state index contributed by atoms with van der Waals surface area (Å²) in [5.41, 5.74) is 1.58. The number of amides is 3. The first-order valence-corrected chi connectivity index (χ1v) is 8.43. The van der Waals surface area contributed by atoms with E-state index in [1.807, 2.05) is 24.6 Å². The number of likely N-dealkylation sites (tertiary alicyclic amines) is 1. The largest absolute Gasteiger partial charge is 0.349 e. The van der Waals surface area contributed by atoms with Crippen molar-refractivity contribution in [1.29, 1.82) is 0 Å². The van der Waals surface area contributed by atoms with Gasteiger partial charge in [0.15, 0.2) is 0 Å². The highest BCUT2D eigenvalue weighted by Gasteiger charge is 2.58. The van der Waals surface area contributed by atoms with Crippen LogP contribution in [0.4, 0.5) is 0 Å². The van der Waals surface area contributed by atoms with Crippen molar-refractivity contribution in [3.05, 3.63) is 35.7 Å². The number of aromatic nitrogens is 1. The van der Waals surface area contributed by atoms with Gasteiger partial charge in [0.25, 0.3) is 5.91 Å². The molecular weight excluding hydrogens is 306 g/mol. The summed E-state index contributed by atoms with van der Waals surface area (Å²) in [4.78, 5) is 38.6. The summed E-state index contributed by atoms with van der Waals surface area (Å²) in [7, 11) is 1.84. The van der Waals surface area contributed by atoms with Gasteiger partial charge in [-0.3, -0.25) is 19.3 Å². The second-order valence-corrected chi connectivity index (χ2v) is 7.00. The van der Waals surface area contributed by atoms with Gasteiger partial charge in [-0.05, 0) is 37.3 Å². The van der Waals surface area contributed by atoms with E-state index in [9.17, 15) is 14.4 Å². The zero-order chi connectivity index (χ0) is 17.0. The Labute approximate surface area is 140 Å². The van der Waals surface area contributed by atoms with Gasteiger partial charge in [-0.2, -0.15) is 0 Å². The van der Waals surface area contributed by atoms with Gasteiger partial charge in [-0.1, -0.05) is 12.2 Å². The fraction of sp³-hybridized carbons (Fsp3) is 0.500. The summed E-state index contributed by atoms with van der Waals surface area (Å²) in [6.45, 7) is 2.46. The van der Waals surface area contributed by atoms with E-state index in [2.05, 4.69) is 17.5 Å². The van der Waals surface area contributed by atoms with Crippen LogP contribution < -0.4 is 5.32 Å². The maximum atomic E-state index is 12.5. The highest BCUT2D eigenvalue weighted by molar-refractivity contribution is 6.06. The number of hydrogen-bond acceptors (Lipinski definition) is 3. The molecular formula is C18H21N3O3. The Morgan fingerprint density at radius 3 is 2.33 bits per heavy atom. The minimum atomic E-state index is -0.188. The lowest BCUT2D eigenvalue weighted by Gasteiger charge is -2.17. The number of aryl methyl sites for hydroxylation is 1. The number of hydrogen-bond donors (Lipinski definition) is 1. The van der Waals surface area contributed by atoms with Crippen LogP contribution in [-0.4, -0.2) is 40.3 Å². The van der Waals surface area contributed by atoms with Crippen LogP contribution in [0, 0.1) is 30.6 Å². The third-order valence-corrected chi connectivity index (χ3v) is 5.79. The minimum Gasteiger partial charge on any atom is -0.349 e. The number of carbonyl (C=O) groups excluding carboxylic acids is 3. The van der Waals surface area contributed by atoms with Crippen LogP contribution in [0.25, 0.3) is 0 Å². The van der Waals surface area contributed by atoms with Crippen molar-refractivity contribution in [3.63, 3.8) is 0 Å². The first-order valence-electron chi connectivity index (χ1n) is 8.43. The highest BCUT2D eigenvalue weighted by atomic mass is 16.2. The molecule has 0 radical (unpaired) electrons. The quantitative estimate of drug-likeness (QED) is 0.659. The molecule has 4 atom stereocenters. The normalized spacial score (nSPS) is 30.3. The molecule has 126 valence electrons. The van der Waals surface area contributed by atoms with E-state index in [-0.39, 0.29) is 54.5 Å². The molecule has 1 saturated heterocycles. The number of allylic oxidation sites excluding steroid dienone is 2. The lowest BCUT2D eigenvalue weighted by atomic mass is 9.85. The Morgan fingerprint density at radius 1 is 1.17 bits per heavy atom. The molecule has 2 heterocycles. The number of nitrogens with one attached hydrogen (secondary N) is 1. The number of rotatable bonds is 4. The van der Waals surface area contributed by atoms with E-state index >= 15 is 0 Å². The van der Waals surface area contributed by atoms with Crippen molar-refractivity contribution < 1.29 is 14.4 Å². The van der Waals surface area contributed by atoms with E-state index in [1.54, 1.807) is 6.07 Å². The molecule has 24 heavy (non-hydrogen) atoms. The second-order valence-electron chi connectivity index (χ2n) is 7.00. The van der Waals surface area contributed by atoms with Gasteiger partial charge < -0.3 is 9.88 Å². The van der Waals surface area contributed by atoms with Crippen LogP contribution in [0.5, 0.6) is 0 Å². The van der Waals surface area contributed by atoms with Crippen molar-refractivity contribution in [2.75, 3.05) is 13.1 Å². The SMILES string of the molecule is Cc1ccc(C(=O)NCCN2C(=O)C3C4C=CC(C4)C3C2=O)n1C. The lowest BCUT2D eigenvalue weighted by Crippen LogP contribution is -2.40. The predicted molar refractivity (Wildman–Crippen MR) is 86.9 cm³/mol. The van der Waals surface area contributed by atoms with Crippen LogP contribution >= 0.6 is 0 Å². The second kappa shape index (κ2) is 5.33. The lowest BCUT2D eigenvalue weighted by molar-refractivity contribution is -0.140. The summed E-state index contributed by atoms with van der Waals surface area (Å²) in [6, 6.07) is 3.65. The summed E-state index contributed by atoms with van der Waals surface area (Å²) in [5.74, 6) is -0.203. The molecule has 6 heteroatoms. The molecule has 1 aliphatic heterocycles. The summed E-state index contributed by atoms with van der Waals surface area (Å²) in [5, 5.41) is 2.80. The van der Waals surface area contributed by atoms with Gasteiger partial charge in [0, 0.05) is 25.8 Å². The van der Waals surface area contributed by atoms with Gasteiger partial charge in [-0.25, -0.2) is 0 Å². The minimum absolute atomic E-state index is 0.0641. The molecule has 6 nitrogen and oxygen atoms in total. The third kappa shape index (κ3) is 2.05. The van der Waals surface area contributed by atoms with E-state index < -0.39 is 0 Å². The Morgan fingerprint density at radius 2 is 1.79 bits per heavy atom. The molecule has 3 amide bonds. The Balaban J connectivity index is 1.37. The first kappa shape index (κ1) is 15.2. The average molecular weight is 327 g/mol. The number of carbonyl (C=O) groups is 3. The fourth-order valence-corrected chi connectivity index (χ4v) is 4.40. The predicted octanol–water partition coefficient (Wildman–Crippen LogP) is 0.870. The molecule has 1 aromatic rings. The van der Waals surface area contributed by atoms with Crippen molar-refractivity contribution in [2.24, 2.45) is 30.7 Å². The molecule has 2 fully saturated rings. The van der Waals surface area contributed by atoms with Crippen LogP contribution in [0.15, 0.2) is 24.3 Å². The molecule has 1 aromatic heterocycles. The van der Waals surface area contributed by atoms with Crippen molar-refractivity contribution in [2.45, 2.75) is 13.3 Å². The van der Waals surface area contributed by atoms with Gasteiger partial charge in [0.2, 0.25) is 11.8 Å². The topological polar surface area (TPSA) is 71.4 Å². The number of nitrogens with zero attached hydrogens (tertiary/aromatic N) is 2. The molecule has 0 aromatic carbocycles. The molecule has 1 N–H and O–H groups in total. The van der Waals surface area contributed by atoms with Crippen LogP contribution in [0.3, 0.4) is 0 Å². The molecule has 4 unspecified atom stereocenters. The van der Waals surface area contributed by atoms with Crippen molar-refractivity contribution in [3.8, 4) is 0 Å². The molecule has 0 spiro atoms. The fourth-order valence-electron chi connectivity index (χ4n) is 4.40. The first-order chi connectivity index (χ1) is 11.5. The Hall–Kier alpha value is -2.37. The van der Waals surface area contributed by atoms with E-state index in [0.717, 1.165) is 12.1 Å². The molecule has 4 rings (SSSR count). The summed E-state index contributed by atoms with van der Waals surface area (Å²) in [6.07, 6.45) is 5.10. The van der Waals surface area contributed by atoms with Crippen molar-refractivity contribution in [1.82, 2.24) is 14.8 Å². The van der Waals surface area contributed by atoms with Gasteiger partial charge in [-0.15, -0.1) is 0 Å². The third-order valence-electron chi connectivity index (χ3n) is 5.79. The summed E-state index contributed by atoms with van der Waals surface area (Å²) < 4.78 is 1.81. The van der Waals surface area contributed by atoms with E-state index in [4.69, 9.17) is 0 Å². The molecule has 3 aliphatic rings. The molecule has 2 aliphatic carbocycles. The van der Waals surface area contributed by atoms with Gasteiger partial charge >= 0.3 is 0 Å². The average Bonchev–Trinajstić information content (AvgIpc) is 3.29. The standard InChI is InChI=1S/C18H21N3O3/c1-10-3-6-13(20(10)2)16(22)19-7-8-21-17(23)14-11-4-5-12(9-11)15(14)18(21)24/h3-6,11-12,14-15H,7-9H2,1-2H3,(H,19,22). The number of fused-ring (bicyclic) bond motifs is 5. The smallest absolute Gasteiger partial charge is 0.267 e. The maximum absolute atomic E-state index is 12.5. The zero-order valence-corrected chi connectivity index (χ0v) is 13.9. The monoisotopic (exact) mass is 327 g/mol. The summed E-state index contributed by atoms with van der Waals surface area (Å²) >= 11 is 0. The zero-order valence-electron chi connectivity index (χ0n) is 13.9. The van der Waals surface area contributed by atoms with Gasteiger partial charge in [0.05, 0.1) is 11.8 Å². The van der Waals surface area contributed by atoms with E-state index in [1.165, 1.54) is 4.90 Å². The van der Waals surface area contributed by atoms with Crippen LogP contribution in [0.1, 0.15) is 22.6 Å². The van der Waals surface area contributed by atoms with E-state index in [0.29, 0.717) is 5.69 Å². The molecule has 2 bridgehead atoms. The highest BCUT2D eigenvalue weighted by Crippen LogP contribution is 2.52. The Bertz CT molecular complexity index is 734. The maximum Gasteiger partial charge on any atom is 0.267 e. The van der Waals surface area contributed by atoms with Crippen LogP contribution in [0.2, 0.25) is 0 Å².